The molecule has 0 saturated heterocycles. The first-order chi connectivity index (χ1) is 7.33. The van der Waals surface area contributed by atoms with E-state index >= 15 is 0 Å². The summed E-state index contributed by atoms with van der Waals surface area (Å²) in [6.45, 7) is 1.85. The van der Waals surface area contributed by atoms with Gasteiger partial charge in [0.25, 0.3) is 0 Å². The first kappa shape index (κ1) is 8.49. The SMILES string of the molecule is Cc1nc2sc(-c3ccncc3)nn2n1. The molecule has 0 N–H and O–H groups in total. The Morgan fingerprint density at radius 2 is 2.00 bits per heavy atom. The number of hydrogen-bond acceptors (Lipinski definition) is 5. The smallest absolute Gasteiger partial charge is 0.233 e. The van der Waals surface area contributed by atoms with Crippen LogP contribution in [0.1, 0.15) is 5.82 Å². The fourth-order valence-electron chi connectivity index (χ4n) is 1.32. The number of nitrogens with zero attached hydrogens (tertiary/aromatic N) is 5. The number of fused-ring (bicyclic) bond motifs is 1. The molecule has 0 aliphatic rings. The van der Waals surface area contributed by atoms with Crippen molar-refractivity contribution in [1.82, 2.24) is 24.8 Å². The highest BCUT2D eigenvalue weighted by molar-refractivity contribution is 7.19. The van der Waals surface area contributed by atoms with E-state index in [4.69, 9.17) is 0 Å². The summed E-state index contributed by atoms with van der Waals surface area (Å²) in [6, 6.07) is 3.84. The maximum atomic E-state index is 4.34. The molecule has 3 rings (SSSR count). The maximum Gasteiger partial charge on any atom is 0.233 e. The summed E-state index contributed by atoms with van der Waals surface area (Å²) in [4.78, 5) is 9.04. The first-order valence-corrected chi connectivity index (χ1v) is 5.25. The Kier molecular flexibility index (Phi) is 1.75. The molecule has 3 aromatic rings. The van der Waals surface area contributed by atoms with Crippen molar-refractivity contribution in [2.75, 3.05) is 0 Å². The number of rotatable bonds is 1. The topological polar surface area (TPSA) is 56.0 Å². The lowest BCUT2D eigenvalue weighted by atomic mass is 10.3. The standard InChI is InChI=1S/C9H7N5S/c1-6-11-9-14(12-6)13-8(15-9)7-2-4-10-5-3-7/h2-5H,1H3. The number of pyridine rings is 1. The first-order valence-electron chi connectivity index (χ1n) is 4.44. The minimum Gasteiger partial charge on any atom is -0.265 e. The molecule has 3 aromatic heterocycles. The third-order valence-corrected chi connectivity index (χ3v) is 2.92. The summed E-state index contributed by atoms with van der Waals surface area (Å²) in [6.07, 6.45) is 3.50. The van der Waals surface area contributed by atoms with Crippen LogP contribution >= 0.6 is 11.3 Å². The van der Waals surface area contributed by atoms with Gasteiger partial charge in [-0.15, -0.1) is 14.8 Å². The van der Waals surface area contributed by atoms with Gasteiger partial charge in [-0.25, -0.2) is 4.98 Å². The van der Waals surface area contributed by atoms with Crippen LogP contribution in [0, 0.1) is 6.92 Å². The molecule has 0 aromatic carbocycles. The van der Waals surface area contributed by atoms with Crippen LogP contribution in [-0.4, -0.2) is 24.8 Å². The molecule has 0 bridgehead atoms. The fourth-order valence-corrected chi connectivity index (χ4v) is 2.20. The summed E-state index contributed by atoms with van der Waals surface area (Å²) in [7, 11) is 0. The van der Waals surface area contributed by atoms with Crippen LogP contribution in [0.4, 0.5) is 0 Å². The largest absolute Gasteiger partial charge is 0.265 e. The minimum atomic E-state index is 0.745. The summed E-state index contributed by atoms with van der Waals surface area (Å²) in [5, 5.41) is 9.40. The summed E-state index contributed by atoms with van der Waals surface area (Å²) in [5.74, 6) is 0.745. The van der Waals surface area contributed by atoms with Crippen LogP contribution in [-0.2, 0) is 0 Å². The second kappa shape index (κ2) is 3.09. The third kappa shape index (κ3) is 1.39. The Hall–Kier alpha value is -1.82. The predicted octanol–water partition coefficient (Wildman–Crippen LogP) is 1.56. The molecule has 5 nitrogen and oxygen atoms in total. The zero-order valence-electron chi connectivity index (χ0n) is 7.95. The number of aryl methyl sites for hydroxylation is 1. The molecule has 0 aliphatic carbocycles. The van der Waals surface area contributed by atoms with E-state index in [0.717, 1.165) is 21.4 Å². The van der Waals surface area contributed by atoms with Gasteiger partial charge < -0.3 is 0 Å². The molecule has 0 aliphatic heterocycles. The third-order valence-electron chi connectivity index (χ3n) is 1.97. The van der Waals surface area contributed by atoms with Crippen LogP contribution in [0.5, 0.6) is 0 Å². The van der Waals surface area contributed by atoms with E-state index in [0.29, 0.717) is 0 Å². The molecule has 3 heterocycles. The molecular weight excluding hydrogens is 210 g/mol. The molecule has 74 valence electrons. The Labute approximate surface area is 89.4 Å². The molecule has 0 amide bonds. The van der Waals surface area contributed by atoms with Gasteiger partial charge in [-0.1, -0.05) is 11.3 Å². The monoisotopic (exact) mass is 217 g/mol. The fraction of sp³-hybridized carbons (Fsp3) is 0.111. The van der Waals surface area contributed by atoms with Gasteiger partial charge in [0, 0.05) is 18.0 Å². The van der Waals surface area contributed by atoms with Crippen LogP contribution < -0.4 is 0 Å². The van der Waals surface area contributed by atoms with E-state index in [-0.39, 0.29) is 0 Å². The molecular formula is C9H7N5S. The molecule has 0 saturated carbocycles. The van der Waals surface area contributed by atoms with Crippen molar-refractivity contribution in [3.63, 3.8) is 0 Å². The lowest BCUT2D eigenvalue weighted by Gasteiger charge is -1.91. The molecule has 0 atom stereocenters. The highest BCUT2D eigenvalue weighted by Gasteiger charge is 2.08. The number of aromatic nitrogens is 5. The summed E-state index contributed by atoms with van der Waals surface area (Å²) < 4.78 is 1.57. The molecule has 6 heteroatoms. The van der Waals surface area contributed by atoms with Crippen molar-refractivity contribution < 1.29 is 0 Å². The zero-order chi connectivity index (χ0) is 10.3. The van der Waals surface area contributed by atoms with Crippen molar-refractivity contribution in [2.45, 2.75) is 6.92 Å². The Morgan fingerprint density at radius 3 is 2.73 bits per heavy atom. The maximum absolute atomic E-state index is 4.34. The lowest BCUT2D eigenvalue weighted by molar-refractivity contribution is 0.809. The van der Waals surface area contributed by atoms with Crippen LogP contribution in [0.25, 0.3) is 15.5 Å². The van der Waals surface area contributed by atoms with E-state index in [1.165, 1.54) is 11.3 Å². The van der Waals surface area contributed by atoms with Crippen molar-refractivity contribution in [3.05, 3.63) is 30.4 Å². The van der Waals surface area contributed by atoms with E-state index in [1.807, 2.05) is 19.1 Å². The van der Waals surface area contributed by atoms with E-state index in [2.05, 4.69) is 20.2 Å². The van der Waals surface area contributed by atoms with Gasteiger partial charge in [0.05, 0.1) is 0 Å². The zero-order valence-corrected chi connectivity index (χ0v) is 8.77. The van der Waals surface area contributed by atoms with Crippen molar-refractivity contribution in [2.24, 2.45) is 0 Å². The van der Waals surface area contributed by atoms with Gasteiger partial charge in [-0.05, 0) is 19.1 Å². The van der Waals surface area contributed by atoms with Gasteiger partial charge in [0.1, 0.15) is 5.01 Å². The van der Waals surface area contributed by atoms with Crippen LogP contribution in [0.15, 0.2) is 24.5 Å². The van der Waals surface area contributed by atoms with Crippen molar-refractivity contribution in [3.8, 4) is 10.6 Å². The van der Waals surface area contributed by atoms with Crippen molar-refractivity contribution in [1.29, 1.82) is 0 Å². The second-order valence-electron chi connectivity index (χ2n) is 3.07. The predicted molar refractivity (Wildman–Crippen MR) is 56.6 cm³/mol. The summed E-state index contributed by atoms with van der Waals surface area (Å²) in [5.41, 5.74) is 1.04. The summed E-state index contributed by atoms with van der Waals surface area (Å²) >= 11 is 1.52. The Morgan fingerprint density at radius 1 is 1.20 bits per heavy atom. The average molecular weight is 217 g/mol. The number of hydrogen-bond donors (Lipinski definition) is 0. The van der Waals surface area contributed by atoms with Crippen LogP contribution in [0.2, 0.25) is 0 Å². The van der Waals surface area contributed by atoms with Gasteiger partial charge in [0.2, 0.25) is 4.96 Å². The molecule has 15 heavy (non-hydrogen) atoms. The van der Waals surface area contributed by atoms with Crippen molar-refractivity contribution >= 4 is 16.3 Å². The normalized spacial score (nSPS) is 11.0. The highest BCUT2D eigenvalue weighted by Crippen LogP contribution is 2.23. The van der Waals surface area contributed by atoms with Crippen LogP contribution in [0.3, 0.4) is 0 Å². The Balaban J connectivity index is 2.16. The van der Waals surface area contributed by atoms with Gasteiger partial charge in [0.15, 0.2) is 5.82 Å². The molecule has 0 spiro atoms. The molecule has 0 radical (unpaired) electrons. The average Bonchev–Trinajstić information content (AvgIpc) is 2.76. The highest BCUT2D eigenvalue weighted by atomic mass is 32.1. The lowest BCUT2D eigenvalue weighted by Crippen LogP contribution is -1.87. The van der Waals surface area contributed by atoms with Gasteiger partial charge in [-0.3, -0.25) is 4.98 Å². The van der Waals surface area contributed by atoms with E-state index < -0.39 is 0 Å². The van der Waals surface area contributed by atoms with E-state index in [9.17, 15) is 0 Å². The molecule has 0 unspecified atom stereocenters. The van der Waals surface area contributed by atoms with Gasteiger partial charge >= 0.3 is 0 Å². The van der Waals surface area contributed by atoms with E-state index in [1.54, 1.807) is 17.0 Å². The Bertz CT molecular complexity index is 566. The molecule has 0 fully saturated rings. The van der Waals surface area contributed by atoms with Gasteiger partial charge in [-0.2, -0.15) is 0 Å². The second-order valence-corrected chi connectivity index (χ2v) is 4.03. The quantitative estimate of drug-likeness (QED) is 0.620. The minimum absolute atomic E-state index is 0.745.